The number of benzene rings is 2. The van der Waals surface area contributed by atoms with Crippen LogP contribution in [-0.4, -0.2) is 43.0 Å². The number of methoxy groups -OCH3 is 1. The number of imide groups is 1. The molecule has 1 saturated heterocycles. The molecule has 2 aromatic rings. The predicted molar refractivity (Wildman–Crippen MR) is 117 cm³/mol. The monoisotopic (exact) mass is 437 g/mol. The van der Waals surface area contributed by atoms with Crippen molar-refractivity contribution in [3.05, 3.63) is 59.7 Å². The van der Waals surface area contributed by atoms with Gasteiger partial charge in [-0.2, -0.15) is 0 Å². The lowest BCUT2D eigenvalue weighted by Crippen LogP contribution is -2.52. The summed E-state index contributed by atoms with van der Waals surface area (Å²) in [7, 11) is 1.59. The fraction of sp³-hybridized carbons (Fsp3) is 0.375. The van der Waals surface area contributed by atoms with E-state index in [9.17, 15) is 14.4 Å². The highest BCUT2D eigenvalue weighted by Gasteiger charge is 2.48. The van der Waals surface area contributed by atoms with Crippen molar-refractivity contribution in [2.75, 3.05) is 13.7 Å². The zero-order chi connectivity index (χ0) is 22.6. The summed E-state index contributed by atoms with van der Waals surface area (Å²) in [6.45, 7) is 0.268. The molecule has 1 aliphatic carbocycles. The Morgan fingerprint density at radius 3 is 2.25 bits per heavy atom. The Bertz CT molecular complexity index is 970. The SMILES string of the molecule is COc1ccc(CN(C=O)C[C@@]2(c3ccc(OC4CCCC4)cc3)NC(=O)NC2=O)cc1. The van der Waals surface area contributed by atoms with Gasteiger partial charge in [-0.1, -0.05) is 24.3 Å². The van der Waals surface area contributed by atoms with Gasteiger partial charge in [0.2, 0.25) is 6.41 Å². The van der Waals surface area contributed by atoms with Gasteiger partial charge in [-0.15, -0.1) is 0 Å². The molecule has 2 aliphatic rings. The number of carbonyl (C=O) groups excluding carboxylic acids is 3. The summed E-state index contributed by atoms with van der Waals surface area (Å²) in [5.74, 6) is 0.949. The number of urea groups is 1. The topological polar surface area (TPSA) is 97.0 Å². The Morgan fingerprint density at radius 1 is 1.03 bits per heavy atom. The molecule has 32 heavy (non-hydrogen) atoms. The highest BCUT2D eigenvalue weighted by molar-refractivity contribution is 6.07. The summed E-state index contributed by atoms with van der Waals surface area (Å²) in [5, 5.41) is 5.04. The molecule has 8 heteroatoms. The van der Waals surface area contributed by atoms with Gasteiger partial charge >= 0.3 is 6.03 Å². The normalized spacial score (nSPS) is 20.5. The van der Waals surface area contributed by atoms with Crippen molar-refractivity contribution in [2.45, 2.75) is 43.9 Å². The lowest BCUT2D eigenvalue weighted by atomic mass is 9.89. The molecule has 0 aromatic heterocycles. The molecule has 0 radical (unpaired) electrons. The fourth-order valence-electron chi connectivity index (χ4n) is 4.31. The fourth-order valence-corrected chi connectivity index (χ4v) is 4.31. The third-order valence-corrected chi connectivity index (χ3v) is 6.03. The smallest absolute Gasteiger partial charge is 0.322 e. The molecule has 1 saturated carbocycles. The first-order valence-electron chi connectivity index (χ1n) is 10.8. The number of amides is 4. The summed E-state index contributed by atoms with van der Waals surface area (Å²) < 4.78 is 11.2. The Labute approximate surface area is 186 Å². The van der Waals surface area contributed by atoms with E-state index < -0.39 is 17.5 Å². The number of nitrogens with zero attached hydrogens (tertiary/aromatic N) is 1. The first-order chi connectivity index (χ1) is 15.5. The molecule has 2 fully saturated rings. The second-order valence-corrected chi connectivity index (χ2v) is 8.22. The van der Waals surface area contributed by atoms with Crippen LogP contribution in [0.4, 0.5) is 4.79 Å². The van der Waals surface area contributed by atoms with Crippen molar-refractivity contribution in [2.24, 2.45) is 0 Å². The van der Waals surface area contributed by atoms with Gasteiger partial charge in [-0.05, 0) is 61.1 Å². The van der Waals surface area contributed by atoms with Crippen LogP contribution in [0.3, 0.4) is 0 Å². The molecule has 4 amide bonds. The van der Waals surface area contributed by atoms with Crippen LogP contribution in [0, 0.1) is 0 Å². The molecule has 1 heterocycles. The minimum Gasteiger partial charge on any atom is -0.497 e. The maximum atomic E-state index is 12.9. The van der Waals surface area contributed by atoms with E-state index >= 15 is 0 Å². The van der Waals surface area contributed by atoms with Gasteiger partial charge < -0.3 is 19.7 Å². The molecule has 1 aliphatic heterocycles. The van der Waals surface area contributed by atoms with Crippen molar-refractivity contribution in [1.29, 1.82) is 0 Å². The van der Waals surface area contributed by atoms with Crippen molar-refractivity contribution >= 4 is 18.3 Å². The largest absolute Gasteiger partial charge is 0.497 e. The van der Waals surface area contributed by atoms with Crippen LogP contribution in [0.1, 0.15) is 36.8 Å². The van der Waals surface area contributed by atoms with E-state index in [1.807, 2.05) is 24.3 Å². The van der Waals surface area contributed by atoms with Crippen molar-refractivity contribution in [3.63, 3.8) is 0 Å². The van der Waals surface area contributed by atoms with Gasteiger partial charge in [-0.3, -0.25) is 14.9 Å². The van der Waals surface area contributed by atoms with Crippen LogP contribution in [0.25, 0.3) is 0 Å². The van der Waals surface area contributed by atoms with E-state index in [2.05, 4.69) is 10.6 Å². The zero-order valence-corrected chi connectivity index (χ0v) is 18.0. The van der Waals surface area contributed by atoms with Crippen LogP contribution in [0.15, 0.2) is 48.5 Å². The van der Waals surface area contributed by atoms with Crippen LogP contribution in [0.2, 0.25) is 0 Å². The first kappa shape index (κ1) is 21.7. The van der Waals surface area contributed by atoms with E-state index in [1.165, 1.54) is 17.7 Å². The molecule has 0 bridgehead atoms. The lowest BCUT2D eigenvalue weighted by molar-refractivity contribution is -0.127. The van der Waals surface area contributed by atoms with Crippen molar-refractivity contribution in [1.82, 2.24) is 15.5 Å². The number of rotatable bonds is 9. The Balaban J connectivity index is 1.54. The number of ether oxygens (including phenoxy) is 2. The molecule has 8 nitrogen and oxygen atoms in total. The molecule has 4 rings (SSSR count). The number of nitrogens with one attached hydrogen (secondary N) is 2. The Morgan fingerprint density at radius 2 is 1.69 bits per heavy atom. The molecule has 0 spiro atoms. The van der Waals surface area contributed by atoms with Gasteiger partial charge in [0.05, 0.1) is 19.8 Å². The van der Waals surface area contributed by atoms with Gasteiger partial charge in [-0.25, -0.2) is 4.79 Å². The van der Waals surface area contributed by atoms with Gasteiger partial charge in [0, 0.05) is 6.54 Å². The summed E-state index contributed by atoms with van der Waals surface area (Å²) in [4.78, 5) is 38.3. The highest BCUT2D eigenvalue weighted by atomic mass is 16.5. The number of hydrogen-bond acceptors (Lipinski definition) is 5. The molecule has 168 valence electrons. The predicted octanol–water partition coefficient (Wildman–Crippen LogP) is 2.71. The molecule has 2 aromatic carbocycles. The van der Waals surface area contributed by atoms with E-state index in [1.54, 1.807) is 31.4 Å². The molecular formula is C24H27N3O5. The summed E-state index contributed by atoms with van der Waals surface area (Å²) in [6, 6.07) is 13.9. The van der Waals surface area contributed by atoms with Gasteiger partial charge in [0.15, 0.2) is 5.54 Å². The average Bonchev–Trinajstić information content (AvgIpc) is 3.41. The van der Waals surface area contributed by atoms with E-state index in [0.29, 0.717) is 17.7 Å². The summed E-state index contributed by atoms with van der Waals surface area (Å²) in [5.41, 5.74) is 0.0791. The zero-order valence-electron chi connectivity index (χ0n) is 18.0. The average molecular weight is 437 g/mol. The Hall–Kier alpha value is -3.55. The van der Waals surface area contributed by atoms with E-state index in [-0.39, 0.29) is 19.2 Å². The number of hydrogen-bond donors (Lipinski definition) is 2. The minimum absolute atomic E-state index is 0.0110. The third-order valence-electron chi connectivity index (χ3n) is 6.03. The molecule has 0 unspecified atom stereocenters. The standard InChI is InChI=1S/C24H27N3O5/c1-31-19-10-6-17(7-11-19)14-27(16-28)15-24(22(29)25-23(30)26-24)18-8-12-21(13-9-18)32-20-4-2-3-5-20/h6-13,16,20H,2-5,14-15H2,1H3,(H2,25,26,29,30)/t24-/m0/s1. The van der Waals surface area contributed by atoms with Crippen LogP contribution < -0.4 is 20.1 Å². The highest BCUT2D eigenvalue weighted by Crippen LogP contribution is 2.30. The third kappa shape index (κ3) is 4.54. The number of carbonyl (C=O) groups is 3. The maximum absolute atomic E-state index is 12.9. The summed E-state index contributed by atoms with van der Waals surface area (Å²) >= 11 is 0. The van der Waals surface area contributed by atoms with E-state index in [4.69, 9.17) is 9.47 Å². The van der Waals surface area contributed by atoms with Gasteiger partial charge in [0.25, 0.3) is 5.91 Å². The summed E-state index contributed by atoms with van der Waals surface area (Å²) in [6.07, 6.45) is 5.34. The molecule has 1 atom stereocenters. The van der Waals surface area contributed by atoms with Crippen molar-refractivity contribution in [3.8, 4) is 11.5 Å². The lowest BCUT2D eigenvalue weighted by Gasteiger charge is -2.31. The Kier molecular flexibility index (Phi) is 6.30. The van der Waals surface area contributed by atoms with Crippen molar-refractivity contribution < 1.29 is 23.9 Å². The first-order valence-corrected chi connectivity index (χ1v) is 10.8. The maximum Gasteiger partial charge on any atom is 0.322 e. The van der Waals surface area contributed by atoms with E-state index in [0.717, 1.165) is 24.2 Å². The molecule has 2 N–H and O–H groups in total. The van der Waals surface area contributed by atoms with Crippen LogP contribution in [-0.2, 0) is 21.7 Å². The second-order valence-electron chi connectivity index (χ2n) is 8.22. The minimum atomic E-state index is -1.38. The molecular weight excluding hydrogens is 410 g/mol. The quantitative estimate of drug-likeness (QED) is 0.464. The second kappa shape index (κ2) is 9.30. The van der Waals surface area contributed by atoms with Crippen LogP contribution >= 0.6 is 0 Å². The van der Waals surface area contributed by atoms with Crippen LogP contribution in [0.5, 0.6) is 11.5 Å². The van der Waals surface area contributed by atoms with Gasteiger partial charge in [0.1, 0.15) is 11.5 Å².